The first-order valence-electron chi connectivity index (χ1n) is 8.19. The van der Waals surface area contributed by atoms with Gasteiger partial charge in [0, 0.05) is 18.7 Å². The fourth-order valence-electron chi connectivity index (χ4n) is 2.87. The molecule has 0 saturated carbocycles. The predicted molar refractivity (Wildman–Crippen MR) is 99.5 cm³/mol. The van der Waals surface area contributed by atoms with Gasteiger partial charge in [-0.05, 0) is 19.1 Å². The molecule has 3 aromatic rings. The molecule has 0 aliphatic heterocycles. The van der Waals surface area contributed by atoms with Crippen molar-refractivity contribution in [3.63, 3.8) is 0 Å². The fraction of sp³-hybridized carbons (Fsp3) is 0.263. The number of imidazole rings is 1. The van der Waals surface area contributed by atoms with Crippen LogP contribution in [-0.2, 0) is 6.54 Å². The molecule has 0 aliphatic rings. The van der Waals surface area contributed by atoms with Crippen molar-refractivity contribution in [3.8, 4) is 17.2 Å². The minimum absolute atomic E-state index is 0.333. The van der Waals surface area contributed by atoms with Gasteiger partial charge in [-0.25, -0.2) is 4.98 Å². The predicted octanol–water partition coefficient (Wildman–Crippen LogP) is 3.33. The first-order valence-corrected chi connectivity index (χ1v) is 8.19. The van der Waals surface area contributed by atoms with Gasteiger partial charge in [0.25, 0.3) is 5.91 Å². The number of para-hydroxylation sites is 2. The molecule has 26 heavy (non-hydrogen) atoms. The summed E-state index contributed by atoms with van der Waals surface area (Å²) in [5.74, 6) is 1.46. The highest BCUT2D eigenvalue weighted by Crippen LogP contribution is 2.35. The Morgan fingerprint density at radius 3 is 2.35 bits per heavy atom. The number of aryl methyl sites for hydroxylation is 1. The number of rotatable bonds is 6. The van der Waals surface area contributed by atoms with Crippen molar-refractivity contribution in [2.75, 3.05) is 26.6 Å². The van der Waals surface area contributed by atoms with Gasteiger partial charge < -0.3 is 18.8 Å². The van der Waals surface area contributed by atoms with Gasteiger partial charge in [-0.2, -0.15) is 0 Å². The molecular weight excluding hydrogens is 334 g/mol. The van der Waals surface area contributed by atoms with Crippen LogP contribution >= 0.6 is 0 Å². The number of methoxy groups -OCH3 is 3. The highest BCUT2D eigenvalue weighted by atomic mass is 16.5. The molecule has 1 heterocycles. The number of benzene rings is 2. The second-order valence-corrected chi connectivity index (χ2v) is 5.53. The Kier molecular flexibility index (Phi) is 4.97. The summed E-state index contributed by atoms with van der Waals surface area (Å²) in [5, 5.41) is 2.87. The number of ether oxygens (including phenoxy) is 3. The smallest absolute Gasteiger partial charge is 0.261 e. The van der Waals surface area contributed by atoms with E-state index in [-0.39, 0.29) is 5.91 Å². The summed E-state index contributed by atoms with van der Waals surface area (Å²) in [7, 11) is 4.54. The molecule has 7 heteroatoms. The molecule has 0 unspecified atom stereocenters. The molecular formula is C19H21N3O4. The van der Waals surface area contributed by atoms with E-state index in [0.717, 1.165) is 11.0 Å². The molecule has 1 amide bonds. The van der Waals surface area contributed by atoms with Crippen molar-refractivity contribution < 1.29 is 19.0 Å². The average Bonchev–Trinajstić information content (AvgIpc) is 3.03. The van der Waals surface area contributed by atoms with Crippen LogP contribution in [0.3, 0.4) is 0 Å². The Hall–Kier alpha value is -3.22. The monoisotopic (exact) mass is 355 g/mol. The number of carbonyl (C=O) groups is 1. The minimum Gasteiger partial charge on any atom is -0.496 e. The van der Waals surface area contributed by atoms with Crippen LogP contribution in [0, 0.1) is 0 Å². The Morgan fingerprint density at radius 1 is 1.04 bits per heavy atom. The maximum atomic E-state index is 12.9. The SMILES string of the molecule is CCn1c(NC(=O)c2cc(OC)c(OC)cc2OC)nc2ccccc21. The van der Waals surface area contributed by atoms with Gasteiger partial charge in [-0.15, -0.1) is 0 Å². The van der Waals surface area contributed by atoms with E-state index < -0.39 is 0 Å². The Morgan fingerprint density at radius 2 is 1.69 bits per heavy atom. The summed E-state index contributed by atoms with van der Waals surface area (Å²) in [6.07, 6.45) is 0. The summed E-state index contributed by atoms with van der Waals surface area (Å²) in [4.78, 5) is 17.4. The number of aromatic nitrogens is 2. The standard InChI is InChI=1S/C19H21N3O4/c1-5-22-14-9-7-6-8-13(14)20-19(22)21-18(23)12-10-16(25-3)17(26-4)11-15(12)24-2/h6-11H,5H2,1-4H3,(H,20,21,23). The van der Waals surface area contributed by atoms with Gasteiger partial charge in [0.15, 0.2) is 11.5 Å². The van der Waals surface area contributed by atoms with E-state index >= 15 is 0 Å². The molecule has 3 rings (SSSR count). The van der Waals surface area contributed by atoms with Gasteiger partial charge >= 0.3 is 0 Å². The number of nitrogens with one attached hydrogen (secondary N) is 1. The number of carbonyl (C=O) groups excluding carboxylic acids is 1. The summed E-state index contributed by atoms with van der Waals surface area (Å²) in [5.41, 5.74) is 2.12. The van der Waals surface area contributed by atoms with Crippen LogP contribution in [0.25, 0.3) is 11.0 Å². The van der Waals surface area contributed by atoms with Crippen molar-refractivity contribution >= 4 is 22.9 Å². The van der Waals surface area contributed by atoms with E-state index in [1.165, 1.54) is 21.3 Å². The summed E-state index contributed by atoms with van der Waals surface area (Å²) >= 11 is 0. The highest BCUT2D eigenvalue weighted by molar-refractivity contribution is 6.06. The summed E-state index contributed by atoms with van der Waals surface area (Å²) < 4.78 is 17.8. The quantitative estimate of drug-likeness (QED) is 0.734. The number of hydrogen-bond donors (Lipinski definition) is 1. The van der Waals surface area contributed by atoms with Crippen LogP contribution < -0.4 is 19.5 Å². The van der Waals surface area contributed by atoms with Crippen molar-refractivity contribution in [3.05, 3.63) is 42.0 Å². The average molecular weight is 355 g/mol. The third kappa shape index (κ3) is 3.03. The minimum atomic E-state index is -0.340. The Bertz CT molecular complexity index is 949. The van der Waals surface area contributed by atoms with E-state index in [2.05, 4.69) is 10.3 Å². The fourth-order valence-corrected chi connectivity index (χ4v) is 2.87. The molecule has 0 radical (unpaired) electrons. The lowest BCUT2D eigenvalue weighted by Gasteiger charge is -2.14. The molecule has 0 saturated heterocycles. The second kappa shape index (κ2) is 7.35. The van der Waals surface area contributed by atoms with Gasteiger partial charge in [0.05, 0.1) is 37.9 Å². The van der Waals surface area contributed by atoms with Crippen LogP contribution in [-0.4, -0.2) is 36.8 Å². The number of hydrogen-bond acceptors (Lipinski definition) is 5. The number of anilines is 1. The summed E-state index contributed by atoms with van der Waals surface area (Å²) in [6.45, 7) is 2.68. The molecule has 0 fully saturated rings. The van der Waals surface area contributed by atoms with Gasteiger partial charge in [-0.1, -0.05) is 12.1 Å². The number of nitrogens with zero attached hydrogens (tertiary/aromatic N) is 2. The van der Waals surface area contributed by atoms with Gasteiger partial charge in [0.2, 0.25) is 5.95 Å². The van der Waals surface area contributed by atoms with Crippen LogP contribution in [0.4, 0.5) is 5.95 Å². The van der Waals surface area contributed by atoms with Crippen molar-refractivity contribution in [2.24, 2.45) is 0 Å². The van der Waals surface area contributed by atoms with Gasteiger partial charge in [0.1, 0.15) is 5.75 Å². The largest absolute Gasteiger partial charge is 0.496 e. The van der Waals surface area contributed by atoms with E-state index in [9.17, 15) is 4.79 Å². The molecule has 2 aromatic carbocycles. The zero-order valence-electron chi connectivity index (χ0n) is 15.2. The normalized spacial score (nSPS) is 10.6. The van der Waals surface area contributed by atoms with Crippen LogP contribution in [0.1, 0.15) is 17.3 Å². The maximum absolute atomic E-state index is 12.9. The molecule has 136 valence electrons. The lowest BCUT2D eigenvalue weighted by molar-refractivity contribution is 0.102. The number of fused-ring (bicyclic) bond motifs is 1. The first kappa shape index (κ1) is 17.6. The Balaban J connectivity index is 2.00. The van der Waals surface area contributed by atoms with Crippen molar-refractivity contribution in [1.82, 2.24) is 9.55 Å². The van der Waals surface area contributed by atoms with Crippen LogP contribution in [0.5, 0.6) is 17.2 Å². The molecule has 0 atom stereocenters. The van der Waals surface area contributed by atoms with Crippen LogP contribution in [0.15, 0.2) is 36.4 Å². The topological polar surface area (TPSA) is 74.6 Å². The molecule has 1 N–H and O–H groups in total. The van der Waals surface area contributed by atoms with E-state index in [0.29, 0.717) is 35.3 Å². The lowest BCUT2D eigenvalue weighted by atomic mass is 10.1. The second-order valence-electron chi connectivity index (χ2n) is 5.53. The van der Waals surface area contributed by atoms with Crippen LogP contribution in [0.2, 0.25) is 0 Å². The van der Waals surface area contributed by atoms with E-state index in [4.69, 9.17) is 14.2 Å². The van der Waals surface area contributed by atoms with Gasteiger partial charge in [-0.3, -0.25) is 10.1 Å². The zero-order valence-corrected chi connectivity index (χ0v) is 15.2. The van der Waals surface area contributed by atoms with E-state index in [1.54, 1.807) is 12.1 Å². The molecule has 0 aliphatic carbocycles. The molecule has 0 spiro atoms. The molecule has 7 nitrogen and oxygen atoms in total. The van der Waals surface area contributed by atoms with E-state index in [1.807, 2.05) is 35.8 Å². The molecule has 1 aromatic heterocycles. The Labute approximate surface area is 151 Å². The number of amides is 1. The molecule has 0 bridgehead atoms. The third-order valence-corrected chi connectivity index (χ3v) is 4.15. The van der Waals surface area contributed by atoms with Crippen molar-refractivity contribution in [1.29, 1.82) is 0 Å². The zero-order chi connectivity index (χ0) is 18.7. The lowest BCUT2D eigenvalue weighted by Crippen LogP contribution is -2.17. The highest BCUT2D eigenvalue weighted by Gasteiger charge is 2.20. The maximum Gasteiger partial charge on any atom is 0.261 e. The van der Waals surface area contributed by atoms with Crippen molar-refractivity contribution in [2.45, 2.75) is 13.5 Å². The third-order valence-electron chi connectivity index (χ3n) is 4.15. The summed E-state index contributed by atoms with van der Waals surface area (Å²) in [6, 6.07) is 11.0. The first-order chi connectivity index (χ1) is 12.6.